The lowest BCUT2D eigenvalue weighted by atomic mass is 10.2. The zero-order valence-corrected chi connectivity index (χ0v) is 17.8. The van der Waals surface area contributed by atoms with Gasteiger partial charge in [0, 0.05) is 25.2 Å². The molecular formula is C20H31N4O4S+. The minimum atomic E-state index is -3.46. The maximum absolute atomic E-state index is 12.8. The molecule has 0 unspecified atom stereocenters. The van der Waals surface area contributed by atoms with Crippen LogP contribution < -0.4 is 10.2 Å². The van der Waals surface area contributed by atoms with E-state index in [2.05, 4.69) is 5.32 Å². The molecule has 0 saturated carbocycles. The maximum Gasteiger partial charge on any atom is 0.275 e. The van der Waals surface area contributed by atoms with Crippen molar-refractivity contribution in [1.29, 1.82) is 0 Å². The van der Waals surface area contributed by atoms with Gasteiger partial charge >= 0.3 is 0 Å². The standard InChI is InChI=1S/C20H30N4O4S/c1-2-9-21-19(25)16-22-12-14-23(15-13-22)20(26)17-5-7-18(8-6-17)29(27,28)24-10-3-4-11-24/h5-8H,2-4,9-16H2,1H3,(H,21,25)/p+1. The molecule has 0 spiro atoms. The van der Waals surface area contributed by atoms with E-state index in [4.69, 9.17) is 0 Å². The molecule has 0 atom stereocenters. The Morgan fingerprint density at radius 2 is 1.66 bits per heavy atom. The van der Waals surface area contributed by atoms with E-state index in [-0.39, 0.29) is 16.7 Å². The molecule has 8 nitrogen and oxygen atoms in total. The highest BCUT2D eigenvalue weighted by Crippen LogP contribution is 2.21. The van der Waals surface area contributed by atoms with E-state index in [1.54, 1.807) is 17.0 Å². The van der Waals surface area contributed by atoms with Gasteiger partial charge in [-0.05, 0) is 43.5 Å². The van der Waals surface area contributed by atoms with Crippen molar-refractivity contribution in [2.75, 3.05) is 52.4 Å². The first-order valence-electron chi connectivity index (χ1n) is 10.4. The monoisotopic (exact) mass is 423 g/mol. The molecule has 0 radical (unpaired) electrons. The number of benzene rings is 1. The highest BCUT2D eigenvalue weighted by Gasteiger charge is 2.28. The number of piperazine rings is 1. The van der Waals surface area contributed by atoms with E-state index in [9.17, 15) is 18.0 Å². The van der Waals surface area contributed by atoms with Crippen molar-refractivity contribution >= 4 is 21.8 Å². The molecule has 2 fully saturated rings. The molecule has 2 N–H and O–H groups in total. The summed E-state index contributed by atoms with van der Waals surface area (Å²) in [6.07, 6.45) is 2.70. The fourth-order valence-electron chi connectivity index (χ4n) is 3.79. The van der Waals surface area contributed by atoms with E-state index in [1.165, 1.54) is 21.3 Å². The van der Waals surface area contributed by atoms with Crippen LogP contribution in [0.3, 0.4) is 0 Å². The van der Waals surface area contributed by atoms with Gasteiger partial charge in [-0.1, -0.05) is 6.92 Å². The van der Waals surface area contributed by atoms with Crippen molar-refractivity contribution in [1.82, 2.24) is 14.5 Å². The topological polar surface area (TPSA) is 91.2 Å². The first-order valence-corrected chi connectivity index (χ1v) is 11.9. The molecule has 2 amide bonds. The molecule has 2 heterocycles. The lowest BCUT2D eigenvalue weighted by Crippen LogP contribution is -3.15. The van der Waals surface area contributed by atoms with Crippen molar-refractivity contribution < 1.29 is 22.9 Å². The van der Waals surface area contributed by atoms with Crippen LogP contribution in [0.1, 0.15) is 36.5 Å². The summed E-state index contributed by atoms with van der Waals surface area (Å²) in [4.78, 5) is 27.8. The molecule has 1 aromatic carbocycles. The van der Waals surface area contributed by atoms with Gasteiger partial charge < -0.3 is 15.1 Å². The number of sulfonamides is 1. The van der Waals surface area contributed by atoms with Crippen LogP contribution in [0.15, 0.2) is 29.2 Å². The van der Waals surface area contributed by atoms with Crippen LogP contribution in [-0.2, 0) is 14.8 Å². The van der Waals surface area contributed by atoms with Crippen molar-refractivity contribution in [3.8, 4) is 0 Å². The molecule has 3 rings (SSSR count). The number of nitrogens with zero attached hydrogens (tertiary/aromatic N) is 2. The fraction of sp³-hybridized carbons (Fsp3) is 0.600. The second-order valence-electron chi connectivity index (χ2n) is 7.70. The van der Waals surface area contributed by atoms with Crippen molar-refractivity contribution in [3.05, 3.63) is 29.8 Å². The molecule has 2 saturated heterocycles. The summed E-state index contributed by atoms with van der Waals surface area (Å²) in [5, 5.41) is 2.88. The van der Waals surface area contributed by atoms with Crippen LogP contribution in [0.2, 0.25) is 0 Å². The summed E-state index contributed by atoms with van der Waals surface area (Å²) in [5.41, 5.74) is 0.495. The predicted octanol–water partition coefficient (Wildman–Crippen LogP) is -0.662. The number of carbonyl (C=O) groups is 2. The van der Waals surface area contributed by atoms with E-state index >= 15 is 0 Å². The zero-order valence-electron chi connectivity index (χ0n) is 17.0. The van der Waals surface area contributed by atoms with Crippen molar-refractivity contribution in [3.63, 3.8) is 0 Å². The SMILES string of the molecule is CCCNC(=O)C[NH+]1CCN(C(=O)c2ccc(S(=O)(=O)N3CCCC3)cc2)CC1. The molecule has 9 heteroatoms. The van der Waals surface area contributed by atoms with Crippen LogP contribution in [-0.4, -0.2) is 81.8 Å². The second kappa shape index (κ2) is 9.69. The maximum atomic E-state index is 12.8. The Morgan fingerprint density at radius 3 is 2.24 bits per heavy atom. The third-order valence-corrected chi connectivity index (χ3v) is 7.46. The summed E-state index contributed by atoms with van der Waals surface area (Å²) in [7, 11) is -3.46. The van der Waals surface area contributed by atoms with E-state index in [1.807, 2.05) is 6.92 Å². The number of amides is 2. The van der Waals surface area contributed by atoms with Gasteiger partial charge in [-0.15, -0.1) is 0 Å². The molecule has 0 aromatic heterocycles. The summed E-state index contributed by atoms with van der Waals surface area (Å²) in [6, 6.07) is 6.26. The van der Waals surface area contributed by atoms with Crippen molar-refractivity contribution in [2.45, 2.75) is 31.1 Å². The smallest absolute Gasteiger partial charge is 0.275 e. The summed E-state index contributed by atoms with van der Waals surface area (Å²) < 4.78 is 26.7. The first-order chi connectivity index (χ1) is 13.9. The van der Waals surface area contributed by atoms with Crippen LogP contribution in [0.25, 0.3) is 0 Å². The molecule has 1 aromatic rings. The van der Waals surface area contributed by atoms with Gasteiger partial charge in [-0.3, -0.25) is 9.59 Å². The number of quaternary nitrogens is 1. The van der Waals surface area contributed by atoms with Gasteiger partial charge in [0.2, 0.25) is 10.0 Å². The number of nitrogens with one attached hydrogen (secondary N) is 2. The summed E-state index contributed by atoms with van der Waals surface area (Å²) in [6.45, 7) is 6.90. The second-order valence-corrected chi connectivity index (χ2v) is 9.64. The molecule has 2 aliphatic heterocycles. The van der Waals surface area contributed by atoms with Gasteiger partial charge in [0.05, 0.1) is 31.1 Å². The fourth-order valence-corrected chi connectivity index (χ4v) is 5.30. The number of carbonyl (C=O) groups excluding carboxylic acids is 2. The Kier molecular flexibility index (Phi) is 7.26. The third-order valence-electron chi connectivity index (χ3n) is 5.54. The number of hydrogen-bond acceptors (Lipinski definition) is 4. The van der Waals surface area contributed by atoms with Crippen molar-refractivity contribution in [2.24, 2.45) is 0 Å². The zero-order chi connectivity index (χ0) is 20.9. The van der Waals surface area contributed by atoms with Crippen LogP contribution in [0, 0.1) is 0 Å². The van der Waals surface area contributed by atoms with E-state index in [0.717, 1.165) is 32.4 Å². The van der Waals surface area contributed by atoms with Gasteiger partial charge in [0.1, 0.15) is 0 Å². The molecule has 0 bridgehead atoms. The lowest BCUT2D eigenvalue weighted by Gasteiger charge is -2.32. The Balaban J connectivity index is 1.54. The highest BCUT2D eigenvalue weighted by atomic mass is 32.2. The van der Waals surface area contributed by atoms with Gasteiger partial charge in [0.25, 0.3) is 11.8 Å². The first kappa shape index (κ1) is 21.7. The molecular weight excluding hydrogens is 392 g/mol. The summed E-state index contributed by atoms with van der Waals surface area (Å²) >= 11 is 0. The third kappa shape index (κ3) is 5.34. The average Bonchev–Trinajstić information content (AvgIpc) is 3.28. The highest BCUT2D eigenvalue weighted by molar-refractivity contribution is 7.89. The Morgan fingerprint density at radius 1 is 1.03 bits per heavy atom. The largest absolute Gasteiger partial charge is 0.351 e. The summed E-state index contributed by atoms with van der Waals surface area (Å²) in [5.74, 6) is -0.0407. The molecule has 0 aliphatic carbocycles. The molecule has 2 aliphatic rings. The van der Waals surface area contributed by atoms with Gasteiger partial charge in [-0.2, -0.15) is 4.31 Å². The Hall–Kier alpha value is -1.97. The Bertz CT molecular complexity index is 811. The quantitative estimate of drug-likeness (QED) is 0.609. The van der Waals surface area contributed by atoms with Crippen LogP contribution >= 0.6 is 0 Å². The normalized spacial score (nSPS) is 18.7. The molecule has 160 valence electrons. The minimum absolute atomic E-state index is 0.0522. The van der Waals surface area contributed by atoms with Gasteiger partial charge in [-0.25, -0.2) is 8.42 Å². The van der Waals surface area contributed by atoms with E-state index < -0.39 is 10.0 Å². The van der Waals surface area contributed by atoms with Crippen LogP contribution in [0.5, 0.6) is 0 Å². The predicted molar refractivity (Wildman–Crippen MR) is 109 cm³/mol. The molecule has 29 heavy (non-hydrogen) atoms. The minimum Gasteiger partial charge on any atom is -0.351 e. The number of rotatable bonds is 7. The van der Waals surface area contributed by atoms with Gasteiger partial charge in [0.15, 0.2) is 6.54 Å². The number of hydrogen-bond donors (Lipinski definition) is 2. The Labute approximate surface area is 172 Å². The average molecular weight is 424 g/mol. The lowest BCUT2D eigenvalue weighted by molar-refractivity contribution is -0.896. The van der Waals surface area contributed by atoms with Crippen LogP contribution in [0.4, 0.5) is 0 Å². The van der Waals surface area contributed by atoms with E-state index in [0.29, 0.717) is 44.8 Å².